The minimum atomic E-state index is -1.36. The number of hydrogen-bond donors (Lipinski definition) is 0. The SMILES string of the molecule is Cc1cc(-c2ccc(C(C)C)c(C(=O)F)c2)ccc1C(C)C. The van der Waals surface area contributed by atoms with Crippen molar-refractivity contribution in [1.82, 2.24) is 0 Å². The van der Waals surface area contributed by atoms with Gasteiger partial charge in [0.25, 0.3) is 0 Å². The molecule has 0 amide bonds. The van der Waals surface area contributed by atoms with Gasteiger partial charge in [-0.3, -0.25) is 4.79 Å². The fourth-order valence-corrected chi connectivity index (χ4v) is 2.91. The highest BCUT2D eigenvalue weighted by molar-refractivity contribution is 5.92. The van der Waals surface area contributed by atoms with Gasteiger partial charge in [-0.2, -0.15) is 4.39 Å². The first kappa shape index (κ1) is 16.4. The summed E-state index contributed by atoms with van der Waals surface area (Å²) in [5.74, 6) is 0.592. The quantitative estimate of drug-likeness (QED) is 0.631. The van der Waals surface area contributed by atoms with E-state index in [-0.39, 0.29) is 11.5 Å². The largest absolute Gasteiger partial charge is 0.332 e. The summed E-state index contributed by atoms with van der Waals surface area (Å²) in [6.45, 7) is 10.3. The molecule has 0 atom stereocenters. The fourth-order valence-electron chi connectivity index (χ4n) is 2.91. The number of carbonyl (C=O) groups is 1. The van der Waals surface area contributed by atoms with Crippen LogP contribution < -0.4 is 0 Å². The molecule has 0 fully saturated rings. The molecule has 0 aromatic heterocycles. The molecule has 2 rings (SSSR count). The van der Waals surface area contributed by atoms with E-state index in [0.29, 0.717) is 5.92 Å². The van der Waals surface area contributed by atoms with Gasteiger partial charge in [0, 0.05) is 0 Å². The zero-order chi connectivity index (χ0) is 16.4. The molecule has 0 saturated carbocycles. The van der Waals surface area contributed by atoms with E-state index in [9.17, 15) is 9.18 Å². The first-order valence-corrected chi connectivity index (χ1v) is 7.76. The van der Waals surface area contributed by atoms with Crippen molar-refractivity contribution in [1.29, 1.82) is 0 Å². The Hall–Kier alpha value is -1.96. The number of hydrogen-bond acceptors (Lipinski definition) is 1. The van der Waals surface area contributed by atoms with Crippen LogP contribution in [0.5, 0.6) is 0 Å². The van der Waals surface area contributed by atoms with E-state index >= 15 is 0 Å². The van der Waals surface area contributed by atoms with Crippen molar-refractivity contribution in [2.75, 3.05) is 0 Å². The van der Waals surface area contributed by atoms with E-state index in [1.165, 1.54) is 11.1 Å². The van der Waals surface area contributed by atoms with Gasteiger partial charge in [0.1, 0.15) is 0 Å². The summed E-state index contributed by atoms with van der Waals surface area (Å²) in [6.07, 6.45) is 0. The maximum absolute atomic E-state index is 13.4. The predicted octanol–water partition coefficient (Wildman–Crippen LogP) is 6.02. The molecule has 0 N–H and O–H groups in total. The highest BCUT2D eigenvalue weighted by atomic mass is 19.1. The Bertz CT molecular complexity index is 699. The zero-order valence-corrected chi connectivity index (χ0v) is 13.9. The van der Waals surface area contributed by atoms with Crippen molar-refractivity contribution >= 4 is 6.04 Å². The van der Waals surface area contributed by atoms with E-state index in [1.54, 1.807) is 6.07 Å². The van der Waals surface area contributed by atoms with Crippen LogP contribution in [-0.2, 0) is 0 Å². The van der Waals surface area contributed by atoms with E-state index in [2.05, 4.69) is 32.9 Å². The summed E-state index contributed by atoms with van der Waals surface area (Å²) < 4.78 is 13.4. The van der Waals surface area contributed by atoms with Gasteiger partial charge >= 0.3 is 6.04 Å². The molecule has 1 nitrogen and oxygen atoms in total. The van der Waals surface area contributed by atoms with Gasteiger partial charge in [0.05, 0.1) is 5.56 Å². The lowest BCUT2D eigenvalue weighted by molar-refractivity contribution is 0.0834. The first-order chi connectivity index (χ1) is 10.3. The number of aryl methyl sites for hydroxylation is 1. The van der Waals surface area contributed by atoms with Gasteiger partial charge in [-0.25, -0.2) is 0 Å². The van der Waals surface area contributed by atoms with Crippen LogP contribution >= 0.6 is 0 Å². The third-order valence-electron chi connectivity index (χ3n) is 4.11. The molecule has 2 heteroatoms. The summed E-state index contributed by atoms with van der Waals surface area (Å²) in [5, 5.41) is 0. The van der Waals surface area contributed by atoms with Crippen LogP contribution in [0.15, 0.2) is 36.4 Å². The third-order valence-corrected chi connectivity index (χ3v) is 4.11. The van der Waals surface area contributed by atoms with Crippen LogP contribution in [0.3, 0.4) is 0 Å². The molecule has 116 valence electrons. The Morgan fingerprint density at radius 2 is 1.36 bits per heavy atom. The van der Waals surface area contributed by atoms with E-state index in [1.807, 2.05) is 32.0 Å². The second-order valence-electron chi connectivity index (χ2n) is 6.46. The molecule has 0 unspecified atom stereocenters. The summed E-state index contributed by atoms with van der Waals surface area (Å²) in [7, 11) is 0. The lowest BCUT2D eigenvalue weighted by Gasteiger charge is -2.14. The first-order valence-electron chi connectivity index (χ1n) is 7.76. The second-order valence-corrected chi connectivity index (χ2v) is 6.46. The van der Waals surface area contributed by atoms with Crippen LogP contribution in [0.2, 0.25) is 0 Å². The Morgan fingerprint density at radius 3 is 1.82 bits per heavy atom. The van der Waals surface area contributed by atoms with Crippen molar-refractivity contribution in [3.05, 3.63) is 58.7 Å². The predicted molar refractivity (Wildman–Crippen MR) is 90.2 cm³/mol. The molecule has 2 aromatic carbocycles. The maximum atomic E-state index is 13.4. The molecule has 0 radical (unpaired) electrons. The number of rotatable bonds is 4. The molecule has 22 heavy (non-hydrogen) atoms. The van der Waals surface area contributed by atoms with Gasteiger partial charge in [-0.15, -0.1) is 0 Å². The average molecular weight is 298 g/mol. The van der Waals surface area contributed by atoms with Gasteiger partial charge < -0.3 is 0 Å². The zero-order valence-electron chi connectivity index (χ0n) is 13.9. The minimum Gasteiger partial charge on any atom is -0.255 e. The van der Waals surface area contributed by atoms with E-state index in [0.717, 1.165) is 16.7 Å². The molecule has 0 bridgehead atoms. The van der Waals surface area contributed by atoms with Crippen LogP contribution in [-0.4, -0.2) is 6.04 Å². The molecule has 0 spiro atoms. The number of carbonyl (C=O) groups excluding carboxylic acids is 1. The number of halogens is 1. The van der Waals surface area contributed by atoms with E-state index in [4.69, 9.17) is 0 Å². The summed E-state index contributed by atoms with van der Waals surface area (Å²) in [5.41, 5.74) is 5.35. The topological polar surface area (TPSA) is 17.1 Å². The smallest absolute Gasteiger partial charge is 0.255 e. The van der Waals surface area contributed by atoms with Crippen molar-refractivity contribution in [2.24, 2.45) is 0 Å². The van der Waals surface area contributed by atoms with Crippen LogP contribution in [0, 0.1) is 6.92 Å². The van der Waals surface area contributed by atoms with Gasteiger partial charge in [0.2, 0.25) is 0 Å². The Kier molecular flexibility index (Phi) is 4.80. The molecule has 2 aromatic rings. The van der Waals surface area contributed by atoms with Crippen LogP contribution in [0.25, 0.3) is 11.1 Å². The molecule has 0 aliphatic carbocycles. The summed E-state index contributed by atoms with van der Waals surface area (Å²) >= 11 is 0. The Labute approximate surface area is 132 Å². The third kappa shape index (κ3) is 3.27. The lowest BCUT2D eigenvalue weighted by atomic mass is 9.91. The molecule has 0 aliphatic heterocycles. The average Bonchev–Trinajstić information content (AvgIpc) is 2.45. The van der Waals surface area contributed by atoms with Gasteiger partial charge in [-0.1, -0.05) is 58.0 Å². The molecule has 0 aliphatic rings. The second kappa shape index (κ2) is 6.43. The minimum absolute atomic E-state index is 0.119. The van der Waals surface area contributed by atoms with Crippen molar-refractivity contribution in [3.63, 3.8) is 0 Å². The molecule has 0 saturated heterocycles. The molecular formula is C20H23FO. The standard InChI is InChI=1S/C20H23FO/c1-12(2)17-8-6-15(10-14(17)5)16-7-9-18(13(3)4)19(11-16)20(21)22/h6-13H,1-5H3. The monoisotopic (exact) mass is 298 g/mol. The normalized spacial score (nSPS) is 11.3. The number of benzene rings is 2. The Balaban J connectivity index is 2.52. The lowest BCUT2D eigenvalue weighted by Crippen LogP contribution is -2.01. The fraction of sp³-hybridized carbons (Fsp3) is 0.350. The molecule has 0 heterocycles. The highest BCUT2D eigenvalue weighted by Gasteiger charge is 2.15. The van der Waals surface area contributed by atoms with Crippen molar-refractivity contribution in [2.45, 2.75) is 46.5 Å². The van der Waals surface area contributed by atoms with Crippen LogP contribution in [0.1, 0.15) is 66.6 Å². The van der Waals surface area contributed by atoms with Crippen molar-refractivity contribution in [3.8, 4) is 11.1 Å². The van der Waals surface area contributed by atoms with Crippen LogP contribution in [0.4, 0.5) is 4.39 Å². The Morgan fingerprint density at radius 1 is 0.864 bits per heavy atom. The van der Waals surface area contributed by atoms with E-state index < -0.39 is 6.04 Å². The maximum Gasteiger partial charge on any atom is 0.332 e. The highest BCUT2D eigenvalue weighted by Crippen LogP contribution is 2.30. The van der Waals surface area contributed by atoms with Crippen molar-refractivity contribution < 1.29 is 9.18 Å². The molecular weight excluding hydrogens is 275 g/mol. The van der Waals surface area contributed by atoms with Gasteiger partial charge in [-0.05, 0) is 52.6 Å². The summed E-state index contributed by atoms with van der Waals surface area (Å²) in [4.78, 5) is 11.3. The summed E-state index contributed by atoms with van der Waals surface area (Å²) in [6, 6.07) is 10.4. The van der Waals surface area contributed by atoms with Gasteiger partial charge in [0.15, 0.2) is 0 Å².